The Hall–Kier alpha value is -0.0600. The van der Waals surface area contributed by atoms with Gasteiger partial charge in [0, 0.05) is 21.9 Å². The van der Waals surface area contributed by atoms with E-state index in [0.717, 1.165) is 17.3 Å². The summed E-state index contributed by atoms with van der Waals surface area (Å²) in [7, 11) is 0. The molecule has 14 heavy (non-hydrogen) atoms. The van der Waals surface area contributed by atoms with Crippen molar-refractivity contribution in [3.05, 3.63) is 15.9 Å². The van der Waals surface area contributed by atoms with E-state index >= 15 is 0 Å². The molecular formula is C10H15BrN2S. The van der Waals surface area contributed by atoms with Crippen molar-refractivity contribution in [1.29, 1.82) is 0 Å². The SMILES string of the molecule is NC1CCC(Nc2cc(Br)cs2)CC1. The van der Waals surface area contributed by atoms with Gasteiger partial charge in [0.25, 0.3) is 0 Å². The summed E-state index contributed by atoms with van der Waals surface area (Å²) in [6.45, 7) is 0. The van der Waals surface area contributed by atoms with Crippen LogP contribution < -0.4 is 11.1 Å². The first kappa shape index (κ1) is 10.5. The van der Waals surface area contributed by atoms with Crippen molar-refractivity contribution in [2.24, 2.45) is 5.73 Å². The highest BCUT2D eigenvalue weighted by molar-refractivity contribution is 9.10. The average Bonchev–Trinajstić information content (AvgIpc) is 2.56. The molecule has 0 aromatic carbocycles. The molecule has 4 heteroatoms. The first-order valence-corrected chi connectivity index (χ1v) is 6.67. The molecule has 1 saturated carbocycles. The molecule has 0 spiro atoms. The van der Waals surface area contributed by atoms with Gasteiger partial charge in [-0.05, 0) is 47.7 Å². The lowest BCUT2D eigenvalue weighted by Gasteiger charge is -2.26. The molecule has 2 nitrogen and oxygen atoms in total. The molecule has 78 valence electrons. The van der Waals surface area contributed by atoms with Gasteiger partial charge >= 0.3 is 0 Å². The molecule has 2 rings (SSSR count). The van der Waals surface area contributed by atoms with Gasteiger partial charge in [0.1, 0.15) is 0 Å². The third-order valence-corrected chi connectivity index (χ3v) is 4.31. The van der Waals surface area contributed by atoms with Gasteiger partial charge < -0.3 is 11.1 Å². The lowest BCUT2D eigenvalue weighted by atomic mass is 9.92. The number of anilines is 1. The maximum atomic E-state index is 5.86. The van der Waals surface area contributed by atoms with E-state index in [1.165, 1.54) is 17.8 Å². The van der Waals surface area contributed by atoms with Crippen molar-refractivity contribution in [2.45, 2.75) is 37.8 Å². The summed E-state index contributed by atoms with van der Waals surface area (Å²) < 4.78 is 1.16. The number of nitrogens with one attached hydrogen (secondary N) is 1. The predicted molar refractivity (Wildman–Crippen MR) is 65.9 cm³/mol. The van der Waals surface area contributed by atoms with Crippen LogP contribution in [0.4, 0.5) is 5.00 Å². The zero-order chi connectivity index (χ0) is 9.97. The van der Waals surface area contributed by atoms with E-state index in [1.54, 1.807) is 11.3 Å². The Morgan fingerprint density at radius 3 is 2.64 bits per heavy atom. The van der Waals surface area contributed by atoms with Gasteiger partial charge in [-0.3, -0.25) is 0 Å². The summed E-state index contributed by atoms with van der Waals surface area (Å²) in [5.74, 6) is 0. The van der Waals surface area contributed by atoms with Crippen LogP contribution in [-0.2, 0) is 0 Å². The molecule has 1 heterocycles. The highest BCUT2D eigenvalue weighted by atomic mass is 79.9. The van der Waals surface area contributed by atoms with Crippen molar-refractivity contribution in [1.82, 2.24) is 0 Å². The van der Waals surface area contributed by atoms with Crippen LogP contribution in [0.3, 0.4) is 0 Å². The van der Waals surface area contributed by atoms with Crippen molar-refractivity contribution in [3.63, 3.8) is 0 Å². The lowest BCUT2D eigenvalue weighted by Crippen LogP contribution is -2.32. The molecule has 0 bridgehead atoms. The molecular weight excluding hydrogens is 260 g/mol. The van der Waals surface area contributed by atoms with Crippen molar-refractivity contribution in [3.8, 4) is 0 Å². The molecule has 1 aromatic heterocycles. The summed E-state index contributed by atoms with van der Waals surface area (Å²) in [6.07, 6.45) is 4.72. The van der Waals surface area contributed by atoms with Gasteiger partial charge in [0.15, 0.2) is 0 Å². The minimum absolute atomic E-state index is 0.433. The minimum atomic E-state index is 0.433. The highest BCUT2D eigenvalue weighted by Gasteiger charge is 2.18. The summed E-state index contributed by atoms with van der Waals surface area (Å²) in [5, 5.41) is 6.92. The lowest BCUT2D eigenvalue weighted by molar-refractivity contribution is 0.411. The first-order valence-electron chi connectivity index (χ1n) is 5.00. The average molecular weight is 275 g/mol. The maximum Gasteiger partial charge on any atom is 0.0896 e. The zero-order valence-corrected chi connectivity index (χ0v) is 10.4. The van der Waals surface area contributed by atoms with E-state index in [4.69, 9.17) is 5.73 Å². The Labute approximate surface area is 97.0 Å². The molecule has 1 aromatic rings. The highest BCUT2D eigenvalue weighted by Crippen LogP contribution is 2.28. The zero-order valence-electron chi connectivity index (χ0n) is 8.00. The van der Waals surface area contributed by atoms with Crippen molar-refractivity contribution < 1.29 is 0 Å². The molecule has 0 saturated heterocycles. The number of hydrogen-bond donors (Lipinski definition) is 2. The van der Waals surface area contributed by atoms with E-state index in [9.17, 15) is 0 Å². The Balaban J connectivity index is 1.86. The molecule has 1 aliphatic rings. The minimum Gasteiger partial charge on any atom is -0.374 e. The fourth-order valence-electron chi connectivity index (χ4n) is 1.85. The second-order valence-electron chi connectivity index (χ2n) is 3.89. The topological polar surface area (TPSA) is 38.0 Å². The Bertz CT molecular complexity index is 292. The number of hydrogen-bond acceptors (Lipinski definition) is 3. The smallest absolute Gasteiger partial charge is 0.0896 e. The molecule has 0 amide bonds. The van der Waals surface area contributed by atoms with Gasteiger partial charge in [-0.25, -0.2) is 0 Å². The van der Waals surface area contributed by atoms with Gasteiger partial charge in [-0.1, -0.05) is 0 Å². The molecule has 0 radical (unpaired) electrons. The normalized spacial score (nSPS) is 27.6. The fraction of sp³-hybridized carbons (Fsp3) is 0.600. The summed E-state index contributed by atoms with van der Waals surface area (Å²) >= 11 is 5.21. The standard InChI is InChI=1S/C10H15BrN2S/c11-7-5-10(14-6-7)13-9-3-1-8(12)2-4-9/h5-6,8-9,13H,1-4,12H2. The van der Waals surface area contributed by atoms with E-state index in [2.05, 4.69) is 32.7 Å². The predicted octanol–water partition coefficient (Wildman–Crippen LogP) is 3.19. The van der Waals surface area contributed by atoms with Crippen LogP contribution in [0.25, 0.3) is 0 Å². The van der Waals surface area contributed by atoms with Gasteiger partial charge in [-0.15, -0.1) is 11.3 Å². The van der Waals surface area contributed by atoms with Crippen LogP contribution in [0.1, 0.15) is 25.7 Å². The first-order chi connectivity index (χ1) is 6.74. The number of rotatable bonds is 2. The third kappa shape index (κ3) is 2.72. The largest absolute Gasteiger partial charge is 0.374 e. The van der Waals surface area contributed by atoms with Gasteiger partial charge in [0.05, 0.1) is 5.00 Å². The van der Waals surface area contributed by atoms with Crippen LogP contribution >= 0.6 is 27.3 Å². The van der Waals surface area contributed by atoms with E-state index in [1.807, 2.05) is 0 Å². The molecule has 0 unspecified atom stereocenters. The molecule has 0 aliphatic heterocycles. The Morgan fingerprint density at radius 2 is 2.07 bits per heavy atom. The van der Waals surface area contributed by atoms with Gasteiger partial charge in [0.2, 0.25) is 0 Å². The number of thiophene rings is 1. The number of nitrogens with two attached hydrogens (primary N) is 1. The monoisotopic (exact) mass is 274 g/mol. The van der Waals surface area contributed by atoms with Crippen molar-refractivity contribution >= 4 is 32.3 Å². The maximum absolute atomic E-state index is 5.86. The quantitative estimate of drug-likeness (QED) is 0.869. The Kier molecular flexibility index (Phi) is 3.47. The van der Waals surface area contributed by atoms with Crippen LogP contribution in [-0.4, -0.2) is 12.1 Å². The summed E-state index contributed by atoms with van der Waals surface area (Å²) in [6, 6.07) is 3.20. The Morgan fingerprint density at radius 1 is 1.36 bits per heavy atom. The van der Waals surface area contributed by atoms with Crippen LogP contribution in [0.2, 0.25) is 0 Å². The van der Waals surface area contributed by atoms with E-state index in [-0.39, 0.29) is 0 Å². The third-order valence-electron chi connectivity index (χ3n) is 2.69. The van der Waals surface area contributed by atoms with Crippen LogP contribution in [0, 0.1) is 0 Å². The summed E-state index contributed by atoms with van der Waals surface area (Å²) in [4.78, 5) is 0. The number of halogens is 1. The second-order valence-corrected chi connectivity index (χ2v) is 5.71. The molecule has 1 fully saturated rings. The molecule has 0 atom stereocenters. The van der Waals surface area contributed by atoms with Crippen LogP contribution in [0.5, 0.6) is 0 Å². The van der Waals surface area contributed by atoms with Crippen LogP contribution in [0.15, 0.2) is 15.9 Å². The fourth-order valence-corrected chi connectivity index (χ4v) is 3.25. The molecule has 1 aliphatic carbocycles. The van der Waals surface area contributed by atoms with E-state index < -0.39 is 0 Å². The van der Waals surface area contributed by atoms with E-state index in [0.29, 0.717) is 12.1 Å². The second kappa shape index (κ2) is 4.64. The molecule has 3 N–H and O–H groups in total. The van der Waals surface area contributed by atoms with Gasteiger partial charge in [-0.2, -0.15) is 0 Å². The summed E-state index contributed by atoms with van der Waals surface area (Å²) in [5.41, 5.74) is 5.86. The van der Waals surface area contributed by atoms with Crippen molar-refractivity contribution in [2.75, 3.05) is 5.32 Å².